The molecule has 0 bridgehead atoms. The van der Waals surface area contributed by atoms with Crippen molar-refractivity contribution in [2.45, 2.75) is 50.5 Å². The van der Waals surface area contributed by atoms with Crippen molar-refractivity contribution in [2.75, 3.05) is 5.32 Å². The van der Waals surface area contributed by atoms with Gasteiger partial charge in [0.05, 0.1) is 5.54 Å². The van der Waals surface area contributed by atoms with E-state index >= 15 is 0 Å². The van der Waals surface area contributed by atoms with Crippen LogP contribution >= 0.6 is 0 Å². The van der Waals surface area contributed by atoms with Crippen LogP contribution in [0.3, 0.4) is 0 Å². The number of fused-ring (bicyclic) bond motifs is 3. The number of aryl methyl sites for hydroxylation is 1. The number of benzene rings is 2. The van der Waals surface area contributed by atoms with Gasteiger partial charge < -0.3 is 5.32 Å². The van der Waals surface area contributed by atoms with Crippen LogP contribution in [-0.2, 0) is 11.0 Å². The Morgan fingerprint density at radius 1 is 0.952 bits per heavy atom. The third kappa shape index (κ3) is 1.64. The molecule has 1 heterocycles. The van der Waals surface area contributed by atoms with Crippen molar-refractivity contribution in [1.82, 2.24) is 0 Å². The third-order valence-electron chi connectivity index (χ3n) is 5.80. The highest BCUT2D eigenvalue weighted by atomic mass is 15.1. The van der Waals surface area contributed by atoms with E-state index in [9.17, 15) is 0 Å². The molecule has 1 saturated carbocycles. The van der Waals surface area contributed by atoms with Crippen LogP contribution in [0.2, 0.25) is 0 Å². The van der Waals surface area contributed by atoms with Crippen LogP contribution in [-0.4, -0.2) is 0 Å². The van der Waals surface area contributed by atoms with Gasteiger partial charge in [-0.2, -0.15) is 0 Å². The monoisotopic (exact) mass is 277 g/mol. The molecular weight excluding hydrogens is 254 g/mol. The average Bonchev–Trinajstić information content (AvgIpc) is 2.78. The van der Waals surface area contributed by atoms with Crippen LogP contribution in [0.15, 0.2) is 48.5 Å². The van der Waals surface area contributed by atoms with Crippen molar-refractivity contribution >= 4 is 5.69 Å². The first-order chi connectivity index (χ1) is 10.2. The van der Waals surface area contributed by atoms with E-state index < -0.39 is 0 Å². The second-order valence-corrected chi connectivity index (χ2v) is 6.98. The van der Waals surface area contributed by atoms with E-state index in [1.807, 2.05) is 0 Å². The number of hydrogen-bond donors (Lipinski definition) is 1. The van der Waals surface area contributed by atoms with Crippen molar-refractivity contribution in [2.24, 2.45) is 0 Å². The van der Waals surface area contributed by atoms with Gasteiger partial charge in [-0.05, 0) is 37.0 Å². The Kier molecular flexibility index (Phi) is 2.69. The Labute approximate surface area is 127 Å². The number of rotatable bonds is 1. The molecule has 2 aromatic rings. The molecule has 0 spiro atoms. The van der Waals surface area contributed by atoms with E-state index in [-0.39, 0.29) is 11.0 Å². The summed E-state index contributed by atoms with van der Waals surface area (Å²) in [4.78, 5) is 0. The van der Waals surface area contributed by atoms with Crippen LogP contribution in [0.25, 0.3) is 0 Å². The first-order valence-electron chi connectivity index (χ1n) is 8.11. The highest BCUT2D eigenvalue weighted by Gasteiger charge is 2.56. The van der Waals surface area contributed by atoms with Gasteiger partial charge in [0.1, 0.15) is 0 Å². The lowest BCUT2D eigenvalue weighted by Gasteiger charge is -2.48. The summed E-state index contributed by atoms with van der Waals surface area (Å²) < 4.78 is 0. The van der Waals surface area contributed by atoms with Gasteiger partial charge in [-0.25, -0.2) is 0 Å². The van der Waals surface area contributed by atoms with Crippen molar-refractivity contribution in [3.05, 3.63) is 65.2 Å². The molecule has 4 rings (SSSR count). The maximum atomic E-state index is 3.93. The van der Waals surface area contributed by atoms with Crippen molar-refractivity contribution in [1.29, 1.82) is 0 Å². The summed E-state index contributed by atoms with van der Waals surface area (Å²) in [6.45, 7) is 4.67. The van der Waals surface area contributed by atoms with Gasteiger partial charge in [-0.3, -0.25) is 0 Å². The number of nitrogens with one attached hydrogen (secondary N) is 1. The molecule has 0 amide bonds. The van der Waals surface area contributed by atoms with Crippen LogP contribution in [0.4, 0.5) is 5.69 Å². The average molecular weight is 277 g/mol. The normalized spacial score (nSPS) is 30.4. The molecule has 2 aliphatic rings. The van der Waals surface area contributed by atoms with Crippen LogP contribution < -0.4 is 5.32 Å². The maximum Gasteiger partial charge on any atom is 0.0719 e. The van der Waals surface area contributed by atoms with Gasteiger partial charge >= 0.3 is 0 Å². The molecule has 0 saturated heterocycles. The molecule has 0 unspecified atom stereocenters. The van der Waals surface area contributed by atoms with Crippen LogP contribution in [0.1, 0.15) is 49.3 Å². The van der Waals surface area contributed by atoms with Crippen molar-refractivity contribution < 1.29 is 0 Å². The van der Waals surface area contributed by atoms with Gasteiger partial charge in [0.25, 0.3) is 0 Å². The van der Waals surface area contributed by atoms with E-state index in [1.54, 1.807) is 0 Å². The molecular formula is C20H23N. The Bertz CT molecular complexity index is 675. The molecule has 0 aromatic heterocycles. The standard InChI is InChI=1S/C20H23N/c1-15-10-11-18-17(14-15)19(2)12-6-7-13-20(19,21-18)16-8-4-3-5-9-16/h3-5,8-11,14,21H,6-7,12-13H2,1-2H3/t19-,20+/m0/s1. The van der Waals surface area contributed by atoms with Crippen molar-refractivity contribution in [3.63, 3.8) is 0 Å². The second-order valence-electron chi connectivity index (χ2n) is 6.98. The molecule has 1 aliphatic heterocycles. The van der Waals surface area contributed by atoms with Gasteiger partial charge in [0.2, 0.25) is 0 Å². The van der Waals surface area contributed by atoms with Gasteiger partial charge in [-0.1, -0.05) is 67.8 Å². The minimum atomic E-state index is 0.0721. The van der Waals surface area contributed by atoms with E-state index in [0.29, 0.717) is 0 Å². The van der Waals surface area contributed by atoms with E-state index in [0.717, 1.165) is 0 Å². The Balaban J connectivity index is 1.95. The Hall–Kier alpha value is -1.76. The fraction of sp³-hybridized carbons (Fsp3) is 0.400. The zero-order valence-electron chi connectivity index (χ0n) is 12.9. The maximum absolute atomic E-state index is 3.93. The summed E-state index contributed by atoms with van der Waals surface area (Å²) in [5.74, 6) is 0. The Morgan fingerprint density at radius 3 is 2.52 bits per heavy atom. The molecule has 1 heteroatoms. The minimum absolute atomic E-state index is 0.0721. The predicted octanol–water partition coefficient (Wildman–Crippen LogP) is 5.15. The molecule has 2 aromatic carbocycles. The lowest BCUT2D eigenvalue weighted by atomic mass is 9.58. The largest absolute Gasteiger partial charge is 0.374 e. The quantitative estimate of drug-likeness (QED) is 0.760. The molecule has 1 nitrogen and oxygen atoms in total. The van der Waals surface area contributed by atoms with Crippen LogP contribution in [0.5, 0.6) is 0 Å². The summed E-state index contributed by atoms with van der Waals surface area (Å²) in [6.07, 6.45) is 5.14. The molecule has 108 valence electrons. The summed E-state index contributed by atoms with van der Waals surface area (Å²) in [7, 11) is 0. The summed E-state index contributed by atoms with van der Waals surface area (Å²) in [5, 5.41) is 3.93. The topological polar surface area (TPSA) is 12.0 Å². The second kappa shape index (κ2) is 4.37. The van der Waals surface area contributed by atoms with E-state index in [4.69, 9.17) is 0 Å². The first-order valence-corrected chi connectivity index (χ1v) is 8.11. The lowest BCUT2D eigenvalue weighted by Crippen LogP contribution is -2.50. The molecule has 1 fully saturated rings. The molecule has 1 aliphatic carbocycles. The summed E-state index contributed by atoms with van der Waals surface area (Å²) >= 11 is 0. The third-order valence-corrected chi connectivity index (χ3v) is 5.80. The smallest absolute Gasteiger partial charge is 0.0719 e. The fourth-order valence-electron chi connectivity index (χ4n) is 4.63. The SMILES string of the molecule is Cc1ccc2c(c1)[C@]1(C)CCCC[C@]1(c1ccccc1)N2. The summed E-state index contributed by atoms with van der Waals surface area (Å²) in [5.41, 5.74) is 5.95. The molecule has 21 heavy (non-hydrogen) atoms. The van der Waals surface area contributed by atoms with Gasteiger partial charge in [0.15, 0.2) is 0 Å². The number of anilines is 1. The zero-order valence-corrected chi connectivity index (χ0v) is 12.9. The highest BCUT2D eigenvalue weighted by molar-refractivity contribution is 5.67. The van der Waals surface area contributed by atoms with Crippen LogP contribution in [0, 0.1) is 6.92 Å². The molecule has 0 radical (unpaired) electrons. The first kappa shape index (κ1) is 12.9. The fourth-order valence-corrected chi connectivity index (χ4v) is 4.63. The minimum Gasteiger partial charge on any atom is -0.374 e. The summed E-state index contributed by atoms with van der Waals surface area (Å²) in [6, 6.07) is 18.0. The van der Waals surface area contributed by atoms with Gasteiger partial charge in [-0.15, -0.1) is 0 Å². The highest BCUT2D eigenvalue weighted by Crippen LogP contribution is 2.59. The van der Waals surface area contributed by atoms with Crippen molar-refractivity contribution in [3.8, 4) is 0 Å². The van der Waals surface area contributed by atoms with E-state index in [2.05, 4.69) is 67.7 Å². The molecule has 1 N–H and O–H groups in total. The molecule has 2 atom stereocenters. The van der Waals surface area contributed by atoms with Gasteiger partial charge in [0, 0.05) is 11.1 Å². The zero-order chi connectivity index (χ0) is 14.5. The van der Waals surface area contributed by atoms with E-state index in [1.165, 1.54) is 48.1 Å². The predicted molar refractivity (Wildman–Crippen MR) is 88.7 cm³/mol. The number of hydrogen-bond acceptors (Lipinski definition) is 1. The lowest BCUT2D eigenvalue weighted by molar-refractivity contribution is 0.196. The Morgan fingerprint density at radius 2 is 1.71 bits per heavy atom.